The van der Waals surface area contributed by atoms with E-state index in [2.05, 4.69) is 15.3 Å². The molecule has 0 aliphatic carbocycles. The Bertz CT molecular complexity index is 474. The van der Waals surface area contributed by atoms with Gasteiger partial charge < -0.3 is 10.1 Å². The minimum atomic E-state index is -0.335. The van der Waals surface area contributed by atoms with Crippen LogP contribution in [0.5, 0.6) is 0 Å². The van der Waals surface area contributed by atoms with Crippen LogP contribution in [0.3, 0.4) is 0 Å². The summed E-state index contributed by atoms with van der Waals surface area (Å²) < 4.78 is 4.73. The van der Waals surface area contributed by atoms with Gasteiger partial charge in [0.2, 0.25) is 0 Å². The van der Waals surface area contributed by atoms with E-state index in [1.54, 1.807) is 6.08 Å². The lowest BCUT2D eigenvalue weighted by Crippen LogP contribution is -2.12. The van der Waals surface area contributed by atoms with Gasteiger partial charge in [-0.1, -0.05) is 11.6 Å². The number of halogens is 1. The van der Waals surface area contributed by atoms with Crippen molar-refractivity contribution in [2.75, 3.05) is 19.0 Å². The summed E-state index contributed by atoms with van der Waals surface area (Å²) in [5.74, 6) is 0.309. The summed E-state index contributed by atoms with van der Waals surface area (Å²) in [6.07, 6.45) is 4.56. The monoisotopic (exact) mass is 253 g/mol. The van der Waals surface area contributed by atoms with E-state index in [0.29, 0.717) is 28.5 Å². The van der Waals surface area contributed by atoms with Crippen molar-refractivity contribution < 1.29 is 9.53 Å². The second kappa shape index (κ2) is 5.14. The predicted molar refractivity (Wildman–Crippen MR) is 64.8 cm³/mol. The molecule has 1 N–H and O–H groups in total. The Balaban J connectivity index is 2.48. The van der Waals surface area contributed by atoms with Crippen molar-refractivity contribution in [1.29, 1.82) is 0 Å². The number of fused-ring (bicyclic) bond motifs is 1. The molecule has 0 aromatic carbocycles. The maximum atomic E-state index is 11.6. The van der Waals surface area contributed by atoms with Gasteiger partial charge in [-0.15, -0.1) is 0 Å². The second-order valence-electron chi connectivity index (χ2n) is 3.62. The van der Waals surface area contributed by atoms with E-state index in [4.69, 9.17) is 16.3 Å². The fourth-order valence-electron chi connectivity index (χ4n) is 1.67. The summed E-state index contributed by atoms with van der Waals surface area (Å²) in [6.45, 7) is 0.731. The van der Waals surface area contributed by atoms with Gasteiger partial charge in [-0.05, 0) is 18.9 Å². The molecule has 1 aromatic rings. The molecular weight excluding hydrogens is 242 g/mol. The molecule has 0 fully saturated rings. The van der Waals surface area contributed by atoms with Crippen molar-refractivity contribution in [3.63, 3.8) is 0 Å². The number of methoxy groups -OCH3 is 1. The molecule has 17 heavy (non-hydrogen) atoms. The normalized spacial score (nSPS) is 17.9. The number of hydrogen-bond donors (Lipinski definition) is 1. The number of hydrogen-bond acceptors (Lipinski definition) is 5. The standard InChI is InChI=1S/C11H12ClN3O2/c1-17-11(16)7-3-2-4-13-10-8(5-7)9(12)14-6-15-10/h5-6H,2-4H2,1H3,(H,13,14,15)/b7-5+. The summed E-state index contributed by atoms with van der Waals surface area (Å²) in [6, 6.07) is 0. The Morgan fingerprint density at radius 1 is 1.53 bits per heavy atom. The molecule has 1 aliphatic rings. The third kappa shape index (κ3) is 2.55. The molecule has 2 heterocycles. The topological polar surface area (TPSA) is 64.1 Å². The van der Waals surface area contributed by atoms with Gasteiger partial charge in [0.15, 0.2) is 0 Å². The van der Waals surface area contributed by atoms with Crippen molar-refractivity contribution in [2.45, 2.75) is 12.8 Å². The highest BCUT2D eigenvalue weighted by atomic mass is 35.5. The Morgan fingerprint density at radius 2 is 2.35 bits per heavy atom. The first-order valence-electron chi connectivity index (χ1n) is 5.25. The van der Waals surface area contributed by atoms with Crippen molar-refractivity contribution in [3.8, 4) is 0 Å². The Morgan fingerprint density at radius 3 is 3.12 bits per heavy atom. The zero-order valence-corrected chi connectivity index (χ0v) is 10.1. The van der Waals surface area contributed by atoms with Gasteiger partial charge in [-0.2, -0.15) is 0 Å². The van der Waals surface area contributed by atoms with Crippen molar-refractivity contribution in [3.05, 3.63) is 22.6 Å². The molecule has 90 valence electrons. The number of nitrogens with one attached hydrogen (secondary N) is 1. The van der Waals surface area contributed by atoms with E-state index in [0.717, 1.165) is 13.0 Å². The Hall–Kier alpha value is -1.62. The third-order valence-electron chi connectivity index (χ3n) is 2.52. The van der Waals surface area contributed by atoms with Crippen LogP contribution in [0.15, 0.2) is 11.9 Å². The highest BCUT2D eigenvalue weighted by Gasteiger charge is 2.16. The molecule has 0 bridgehead atoms. The molecule has 1 aliphatic heterocycles. The highest BCUT2D eigenvalue weighted by molar-refractivity contribution is 6.31. The molecule has 2 rings (SSSR count). The average molecular weight is 254 g/mol. The summed E-state index contributed by atoms with van der Waals surface area (Å²) in [5, 5.41) is 3.48. The van der Waals surface area contributed by atoms with Crippen molar-refractivity contribution in [2.24, 2.45) is 0 Å². The van der Waals surface area contributed by atoms with Crippen LogP contribution < -0.4 is 5.32 Å². The van der Waals surface area contributed by atoms with Gasteiger partial charge in [0.25, 0.3) is 0 Å². The summed E-state index contributed by atoms with van der Waals surface area (Å²) >= 11 is 5.99. The molecular formula is C11H12ClN3O2. The van der Waals surface area contributed by atoms with E-state index >= 15 is 0 Å². The lowest BCUT2D eigenvalue weighted by atomic mass is 10.1. The molecule has 0 amide bonds. The largest absolute Gasteiger partial charge is 0.466 e. The molecule has 0 atom stereocenters. The fraction of sp³-hybridized carbons (Fsp3) is 0.364. The number of carbonyl (C=O) groups is 1. The number of rotatable bonds is 1. The first kappa shape index (κ1) is 11.9. The lowest BCUT2D eigenvalue weighted by molar-refractivity contribution is -0.136. The van der Waals surface area contributed by atoms with Gasteiger partial charge in [0, 0.05) is 12.1 Å². The molecule has 0 radical (unpaired) electrons. The number of esters is 1. The van der Waals surface area contributed by atoms with Crippen LogP contribution in [0.2, 0.25) is 5.15 Å². The first-order valence-corrected chi connectivity index (χ1v) is 5.63. The predicted octanol–water partition coefficient (Wildman–Crippen LogP) is 1.89. The highest BCUT2D eigenvalue weighted by Crippen LogP contribution is 2.26. The van der Waals surface area contributed by atoms with Gasteiger partial charge in [-0.3, -0.25) is 0 Å². The molecule has 6 heteroatoms. The van der Waals surface area contributed by atoms with Crippen LogP contribution in [0, 0.1) is 0 Å². The molecule has 0 spiro atoms. The maximum absolute atomic E-state index is 11.6. The summed E-state index contributed by atoms with van der Waals surface area (Å²) in [7, 11) is 1.37. The van der Waals surface area contributed by atoms with Crippen LogP contribution >= 0.6 is 11.6 Å². The summed E-state index contributed by atoms with van der Waals surface area (Å²) in [4.78, 5) is 19.6. The zero-order chi connectivity index (χ0) is 12.3. The second-order valence-corrected chi connectivity index (χ2v) is 3.98. The van der Waals surface area contributed by atoms with E-state index in [-0.39, 0.29) is 5.97 Å². The number of ether oxygens (including phenoxy) is 1. The smallest absolute Gasteiger partial charge is 0.333 e. The zero-order valence-electron chi connectivity index (χ0n) is 9.36. The van der Waals surface area contributed by atoms with E-state index in [9.17, 15) is 4.79 Å². The minimum absolute atomic E-state index is 0.325. The number of carbonyl (C=O) groups excluding carboxylic acids is 1. The van der Waals surface area contributed by atoms with E-state index < -0.39 is 0 Å². The lowest BCUT2D eigenvalue weighted by Gasteiger charge is -2.14. The Labute approximate surface area is 104 Å². The van der Waals surface area contributed by atoms with Crippen molar-refractivity contribution >= 4 is 29.5 Å². The molecule has 0 unspecified atom stereocenters. The summed E-state index contributed by atoms with van der Waals surface area (Å²) in [5.41, 5.74) is 1.22. The van der Waals surface area contributed by atoms with Crippen molar-refractivity contribution in [1.82, 2.24) is 9.97 Å². The molecule has 1 aromatic heterocycles. The molecule has 0 saturated carbocycles. The van der Waals surface area contributed by atoms with E-state index in [1.807, 2.05) is 0 Å². The van der Waals surface area contributed by atoms with Gasteiger partial charge in [0.05, 0.1) is 12.7 Å². The van der Waals surface area contributed by atoms with Crippen LogP contribution in [-0.2, 0) is 9.53 Å². The number of nitrogens with zero attached hydrogens (tertiary/aromatic N) is 2. The maximum Gasteiger partial charge on any atom is 0.333 e. The van der Waals surface area contributed by atoms with Gasteiger partial charge >= 0.3 is 5.97 Å². The SMILES string of the molecule is COC(=O)/C1=C/c2c(Cl)ncnc2NCCC1. The first-order chi connectivity index (χ1) is 8.22. The van der Waals surface area contributed by atoms with Crippen LogP contribution in [0.4, 0.5) is 5.82 Å². The average Bonchev–Trinajstić information content (AvgIpc) is 2.30. The van der Waals surface area contributed by atoms with Crippen LogP contribution in [0.1, 0.15) is 18.4 Å². The van der Waals surface area contributed by atoms with Gasteiger partial charge in [0.1, 0.15) is 17.3 Å². The minimum Gasteiger partial charge on any atom is -0.466 e. The van der Waals surface area contributed by atoms with Crippen LogP contribution in [0.25, 0.3) is 6.08 Å². The van der Waals surface area contributed by atoms with Crippen LogP contribution in [-0.4, -0.2) is 29.6 Å². The third-order valence-corrected chi connectivity index (χ3v) is 2.82. The Kier molecular flexibility index (Phi) is 3.58. The number of aromatic nitrogens is 2. The molecule has 5 nitrogen and oxygen atoms in total. The van der Waals surface area contributed by atoms with Gasteiger partial charge in [-0.25, -0.2) is 14.8 Å². The van der Waals surface area contributed by atoms with E-state index in [1.165, 1.54) is 13.4 Å². The fourth-order valence-corrected chi connectivity index (χ4v) is 1.85. The number of anilines is 1. The quantitative estimate of drug-likeness (QED) is 0.612. The molecule has 0 saturated heterocycles.